The van der Waals surface area contributed by atoms with E-state index >= 15 is 0 Å². The van der Waals surface area contributed by atoms with Crippen molar-refractivity contribution in [1.29, 1.82) is 0 Å². The Labute approximate surface area is 126 Å². The minimum absolute atomic E-state index is 0.0343. The molecule has 0 aliphatic carbocycles. The summed E-state index contributed by atoms with van der Waals surface area (Å²) in [6, 6.07) is 6.46. The Bertz CT molecular complexity index is 750. The summed E-state index contributed by atoms with van der Waals surface area (Å²) in [6.07, 6.45) is 1.03. The predicted octanol–water partition coefficient (Wildman–Crippen LogP) is 4.43. The lowest BCUT2D eigenvalue weighted by molar-refractivity contribution is 0.472. The molecule has 0 bridgehead atoms. The third-order valence-corrected chi connectivity index (χ3v) is 4.42. The summed E-state index contributed by atoms with van der Waals surface area (Å²) in [4.78, 5) is 5.46. The van der Waals surface area contributed by atoms with Gasteiger partial charge in [-0.1, -0.05) is 6.92 Å². The summed E-state index contributed by atoms with van der Waals surface area (Å²) in [6.45, 7) is 5.00. The highest BCUT2D eigenvalue weighted by Gasteiger charge is 2.21. The average molecular weight is 304 g/mol. The number of aromatic nitrogens is 1. The van der Waals surface area contributed by atoms with Crippen LogP contribution in [-0.2, 0) is 0 Å². The maximum absolute atomic E-state index is 13.3. The van der Waals surface area contributed by atoms with Gasteiger partial charge in [0.15, 0.2) is 0 Å². The van der Waals surface area contributed by atoms with Gasteiger partial charge in [-0.15, -0.1) is 11.3 Å². The van der Waals surface area contributed by atoms with Crippen molar-refractivity contribution < 1.29 is 8.81 Å². The van der Waals surface area contributed by atoms with Crippen LogP contribution in [0.5, 0.6) is 0 Å². The zero-order valence-electron chi connectivity index (χ0n) is 12.0. The molecule has 0 aliphatic rings. The molecule has 21 heavy (non-hydrogen) atoms. The highest BCUT2D eigenvalue weighted by atomic mass is 32.1. The molecular weight excluding hydrogens is 287 g/mol. The molecule has 0 amide bonds. The molecule has 5 heteroatoms. The maximum Gasteiger partial charge on any atom is 0.134 e. The van der Waals surface area contributed by atoms with E-state index in [9.17, 15) is 4.39 Å². The lowest BCUT2D eigenvalue weighted by Crippen LogP contribution is -2.22. The molecule has 0 saturated carbocycles. The lowest BCUT2D eigenvalue weighted by Gasteiger charge is -2.15. The van der Waals surface area contributed by atoms with Gasteiger partial charge in [0.25, 0.3) is 0 Å². The Morgan fingerprint density at radius 3 is 2.95 bits per heavy atom. The predicted molar refractivity (Wildman–Crippen MR) is 83.2 cm³/mol. The van der Waals surface area contributed by atoms with Crippen LogP contribution in [0.25, 0.3) is 11.0 Å². The van der Waals surface area contributed by atoms with Crippen LogP contribution < -0.4 is 5.32 Å². The van der Waals surface area contributed by atoms with Crippen molar-refractivity contribution in [3.8, 4) is 0 Å². The topological polar surface area (TPSA) is 38.1 Å². The van der Waals surface area contributed by atoms with Gasteiger partial charge in [-0.3, -0.25) is 0 Å². The van der Waals surface area contributed by atoms with Crippen LogP contribution in [-0.4, -0.2) is 11.5 Å². The second kappa shape index (κ2) is 5.95. The van der Waals surface area contributed by atoms with Gasteiger partial charge in [0.1, 0.15) is 23.2 Å². The van der Waals surface area contributed by atoms with E-state index in [4.69, 9.17) is 4.42 Å². The monoisotopic (exact) mass is 304 g/mol. The molecule has 1 unspecified atom stereocenters. The summed E-state index contributed by atoms with van der Waals surface area (Å²) in [5.74, 6) is 0.554. The van der Waals surface area contributed by atoms with Crippen molar-refractivity contribution in [2.24, 2.45) is 0 Å². The number of benzene rings is 1. The van der Waals surface area contributed by atoms with E-state index in [-0.39, 0.29) is 11.9 Å². The van der Waals surface area contributed by atoms with E-state index < -0.39 is 0 Å². The molecule has 1 N–H and O–H groups in total. The summed E-state index contributed by atoms with van der Waals surface area (Å²) >= 11 is 1.61. The second-order valence-electron chi connectivity index (χ2n) is 5.02. The molecule has 0 radical (unpaired) electrons. The van der Waals surface area contributed by atoms with Crippen molar-refractivity contribution in [2.45, 2.75) is 26.3 Å². The first-order valence-corrected chi connectivity index (χ1v) is 7.89. The molecule has 2 aromatic heterocycles. The molecule has 0 aliphatic heterocycles. The number of hydrogen-bond acceptors (Lipinski definition) is 4. The molecule has 3 rings (SSSR count). The zero-order valence-corrected chi connectivity index (χ0v) is 12.8. The Morgan fingerprint density at radius 2 is 2.24 bits per heavy atom. The maximum atomic E-state index is 13.3. The quantitative estimate of drug-likeness (QED) is 0.758. The standard InChI is InChI=1S/C16H17FN2OS/c1-3-6-18-15(16-10(2)19-9-21-16)14-8-11-7-12(17)4-5-13(11)20-14/h4-5,7-9,15,18H,3,6H2,1-2H3. The van der Waals surface area contributed by atoms with E-state index in [1.54, 1.807) is 17.4 Å². The van der Waals surface area contributed by atoms with Gasteiger partial charge in [-0.25, -0.2) is 9.37 Å². The van der Waals surface area contributed by atoms with Crippen LogP contribution in [0.4, 0.5) is 4.39 Å². The molecule has 1 atom stereocenters. The number of rotatable bonds is 5. The summed E-state index contributed by atoms with van der Waals surface area (Å²) < 4.78 is 19.2. The number of halogens is 1. The molecule has 0 fully saturated rings. The number of aryl methyl sites for hydroxylation is 1. The number of nitrogens with zero attached hydrogens (tertiary/aromatic N) is 1. The largest absolute Gasteiger partial charge is 0.459 e. The Kier molecular flexibility index (Phi) is 4.03. The lowest BCUT2D eigenvalue weighted by atomic mass is 10.1. The van der Waals surface area contributed by atoms with Crippen molar-refractivity contribution >= 4 is 22.3 Å². The number of furan rings is 1. The van der Waals surface area contributed by atoms with Gasteiger partial charge in [0.2, 0.25) is 0 Å². The van der Waals surface area contributed by atoms with Crippen LogP contribution in [0, 0.1) is 12.7 Å². The van der Waals surface area contributed by atoms with E-state index in [2.05, 4.69) is 17.2 Å². The zero-order chi connectivity index (χ0) is 14.8. The molecule has 2 heterocycles. The summed E-state index contributed by atoms with van der Waals surface area (Å²) in [5, 5.41) is 4.27. The molecule has 110 valence electrons. The minimum atomic E-state index is -0.248. The van der Waals surface area contributed by atoms with Gasteiger partial charge in [0.05, 0.1) is 16.1 Å². The fourth-order valence-corrected chi connectivity index (χ4v) is 3.26. The average Bonchev–Trinajstić information content (AvgIpc) is 3.06. The third-order valence-electron chi connectivity index (χ3n) is 3.43. The fraction of sp³-hybridized carbons (Fsp3) is 0.312. The van der Waals surface area contributed by atoms with Crippen molar-refractivity contribution in [1.82, 2.24) is 10.3 Å². The van der Waals surface area contributed by atoms with Crippen LogP contribution in [0.15, 0.2) is 34.2 Å². The van der Waals surface area contributed by atoms with Crippen molar-refractivity contribution in [3.05, 3.63) is 51.9 Å². The number of fused-ring (bicyclic) bond motifs is 1. The number of thiazole rings is 1. The molecule has 3 nitrogen and oxygen atoms in total. The molecule has 0 saturated heterocycles. The van der Waals surface area contributed by atoms with Crippen LogP contribution in [0.3, 0.4) is 0 Å². The van der Waals surface area contributed by atoms with E-state index in [0.29, 0.717) is 5.58 Å². The summed E-state index contributed by atoms with van der Waals surface area (Å²) in [5.41, 5.74) is 3.55. The number of hydrogen-bond donors (Lipinski definition) is 1. The van der Waals surface area contributed by atoms with Crippen molar-refractivity contribution in [3.63, 3.8) is 0 Å². The van der Waals surface area contributed by atoms with Gasteiger partial charge in [-0.2, -0.15) is 0 Å². The smallest absolute Gasteiger partial charge is 0.134 e. The van der Waals surface area contributed by atoms with Crippen LogP contribution >= 0.6 is 11.3 Å². The Hall–Kier alpha value is -1.72. The minimum Gasteiger partial charge on any atom is -0.459 e. The van der Waals surface area contributed by atoms with E-state index in [1.165, 1.54) is 12.1 Å². The Balaban J connectivity index is 2.03. The van der Waals surface area contributed by atoms with E-state index in [1.807, 2.05) is 18.5 Å². The SMILES string of the molecule is CCCNC(c1cc2cc(F)ccc2o1)c1scnc1C. The number of nitrogens with one attached hydrogen (secondary N) is 1. The van der Waals surface area contributed by atoms with Crippen LogP contribution in [0.2, 0.25) is 0 Å². The fourth-order valence-electron chi connectivity index (χ4n) is 2.38. The Morgan fingerprint density at radius 1 is 1.38 bits per heavy atom. The third kappa shape index (κ3) is 2.84. The summed E-state index contributed by atoms with van der Waals surface area (Å²) in [7, 11) is 0. The van der Waals surface area contributed by atoms with Gasteiger partial charge < -0.3 is 9.73 Å². The molecular formula is C16H17FN2OS. The highest BCUT2D eigenvalue weighted by Crippen LogP contribution is 2.32. The molecule has 3 aromatic rings. The molecule has 0 spiro atoms. The first kappa shape index (κ1) is 14.2. The second-order valence-corrected chi connectivity index (χ2v) is 5.91. The van der Waals surface area contributed by atoms with Crippen LogP contribution in [0.1, 0.15) is 35.7 Å². The van der Waals surface area contributed by atoms with Gasteiger partial charge in [0, 0.05) is 5.39 Å². The normalized spacial score (nSPS) is 12.9. The van der Waals surface area contributed by atoms with Gasteiger partial charge in [-0.05, 0) is 44.2 Å². The first-order chi connectivity index (χ1) is 10.2. The van der Waals surface area contributed by atoms with Crippen molar-refractivity contribution in [2.75, 3.05) is 6.54 Å². The van der Waals surface area contributed by atoms with E-state index in [0.717, 1.165) is 34.7 Å². The first-order valence-electron chi connectivity index (χ1n) is 7.01. The molecule has 1 aromatic carbocycles. The van der Waals surface area contributed by atoms with Gasteiger partial charge >= 0.3 is 0 Å². The highest BCUT2D eigenvalue weighted by molar-refractivity contribution is 7.09.